The van der Waals surface area contributed by atoms with E-state index >= 15 is 0 Å². The van der Waals surface area contributed by atoms with Crippen LogP contribution in [0.4, 0.5) is 0 Å². The predicted molar refractivity (Wildman–Crippen MR) is 126 cm³/mol. The van der Waals surface area contributed by atoms with Crippen molar-refractivity contribution >= 4 is 52.5 Å². The minimum atomic E-state index is -0.256. The Morgan fingerprint density at radius 1 is 1.13 bits per heavy atom. The molecule has 3 rings (SSSR count). The molecule has 0 saturated carbocycles. The molecule has 0 unspecified atom stereocenters. The molecule has 2 aromatic carbocycles. The van der Waals surface area contributed by atoms with Crippen LogP contribution in [0.25, 0.3) is 11.4 Å². The smallest absolute Gasteiger partial charge is 0.230 e. The summed E-state index contributed by atoms with van der Waals surface area (Å²) in [5.74, 6) is 0.733. The Labute approximate surface area is 200 Å². The average molecular weight is 500 g/mol. The summed E-state index contributed by atoms with van der Waals surface area (Å²) in [5.41, 5.74) is 1.69. The first-order valence-electron chi connectivity index (χ1n) is 9.44. The normalized spacial score (nSPS) is 12.0. The van der Waals surface area contributed by atoms with E-state index in [9.17, 15) is 4.79 Å². The van der Waals surface area contributed by atoms with Crippen molar-refractivity contribution < 1.29 is 9.53 Å². The van der Waals surface area contributed by atoms with E-state index in [1.807, 2.05) is 29.7 Å². The van der Waals surface area contributed by atoms with Crippen LogP contribution in [0.3, 0.4) is 0 Å². The fraction of sp³-hybridized carbons (Fsp3) is 0.286. The fourth-order valence-electron chi connectivity index (χ4n) is 2.94. The van der Waals surface area contributed by atoms with Gasteiger partial charge in [-0.1, -0.05) is 52.6 Å². The quantitative estimate of drug-likeness (QED) is 0.393. The SMILES string of the molecule is COCCn1c(SCC(=O)N[C@@H](C)c2ccc(Cl)cc2Cl)nnc1-c1ccc(Cl)cc1. The van der Waals surface area contributed by atoms with Crippen molar-refractivity contribution in [2.75, 3.05) is 19.5 Å². The van der Waals surface area contributed by atoms with Gasteiger partial charge in [0.2, 0.25) is 5.91 Å². The van der Waals surface area contributed by atoms with E-state index in [0.717, 1.165) is 11.1 Å². The number of carbonyl (C=O) groups is 1. The Morgan fingerprint density at radius 2 is 1.84 bits per heavy atom. The molecule has 31 heavy (non-hydrogen) atoms. The van der Waals surface area contributed by atoms with Gasteiger partial charge in [0, 0.05) is 27.7 Å². The molecular formula is C21H21Cl3N4O2S. The molecule has 0 spiro atoms. The lowest BCUT2D eigenvalue weighted by Gasteiger charge is -2.16. The summed E-state index contributed by atoms with van der Waals surface area (Å²) < 4.78 is 7.15. The third kappa shape index (κ3) is 6.37. The molecule has 0 aliphatic carbocycles. The van der Waals surface area contributed by atoms with Crippen molar-refractivity contribution in [3.63, 3.8) is 0 Å². The highest BCUT2D eigenvalue weighted by Gasteiger charge is 2.17. The maximum atomic E-state index is 12.5. The summed E-state index contributed by atoms with van der Waals surface area (Å²) >= 11 is 19.5. The molecule has 3 aromatic rings. The number of rotatable bonds is 9. The average Bonchev–Trinajstić information content (AvgIpc) is 3.13. The number of carbonyl (C=O) groups excluding carboxylic acids is 1. The standard InChI is InChI=1S/C21H21Cl3N4O2S/c1-13(17-8-7-16(23)11-18(17)24)25-19(29)12-31-21-27-26-20(28(21)9-10-30-2)14-3-5-15(22)6-4-14/h3-8,11,13H,9-10,12H2,1-2H3,(H,25,29)/t13-/m0/s1. The summed E-state index contributed by atoms with van der Waals surface area (Å²) in [5, 5.41) is 13.9. The number of hydrogen-bond donors (Lipinski definition) is 1. The van der Waals surface area contributed by atoms with Gasteiger partial charge < -0.3 is 10.1 Å². The number of thioether (sulfide) groups is 1. The van der Waals surface area contributed by atoms with Crippen LogP contribution in [0.1, 0.15) is 18.5 Å². The molecular weight excluding hydrogens is 479 g/mol. The molecule has 1 N–H and O–H groups in total. The summed E-state index contributed by atoms with van der Waals surface area (Å²) in [4.78, 5) is 12.5. The van der Waals surface area contributed by atoms with Crippen LogP contribution in [0.5, 0.6) is 0 Å². The molecule has 0 aliphatic heterocycles. The minimum absolute atomic E-state index is 0.141. The molecule has 10 heteroatoms. The highest BCUT2D eigenvalue weighted by atomic mass is 35.5. The first-order valence-corrected chi connectivity index (χ1v) is 11.6. The van der Waals surface area contributed by atoms with Gasteiger partial charge in [-0.15, -0.1) is 10.2 Å². The summed E-state index contributed by atoms with van der Waals surface area (Å²) in [6.45, 7) is 2.92. The molecule has 6 nitrogen and oxygen atoms in total. The van der Waals surface area contributed by atoms with Crippen molar-refractivity contribution in [3.05, 3.63) is 63.1 Å². The molecule has 164 valence electrons. The van der Waals surface area contributed by atoms with Crippen LogP contribution in [-0.4, -0.2) is 40.1 Å². The molecule has 1 atom stereocenters. The van der Waals surface area contributed by atoms with Gasteiger partial charge in [0.1, 0.15) is 0 Å². The second kappa shape index (κ2) is 11.2. The predicted octanol–water partition coefficient (Wildman–Crippen LogP) is 5.52. The Hall–Kier alpha value is -1.77. The number of aromatic nitrogens is 3. The Morgan fingerprint density at radius 3 is 2.52 bits per heavy atom. The van der Waals surface area contributed by atoms with Gasteiger partial charge in [-0.25, -0.2) is 0 Å². The van der Waals surface area contributed by atoms with Crippen LogP contribution >= 0.6 is 46.6 Å². The van der Waals surface area contributed by atoms with Crippen LogP contribution in [0.2, 0.25) is 15.1 Å². The number of methoxy groups -OCH3 is 1. The monoisotopic (exact) mass is 498 g/mol. The summed E-state index contributed by atoms with van der Waals surface area (Å²) in [6.07, 6.45) is 0. The lowest BCUT2D eigenvalue weighted by atomic mass is 10.1. The first-order chi connectivity index (χ1) is 14.9. The zero-order valence-corrected chi connectivity index (χ0v) is 20.0. The molecule has 1 amide bonds. The van der Waals surface area contributed by atoms with E-state index in [0.29, 0.717) is 39.2 Å². The van der Waals surface area contributed by atoms with E-state index in [1.54, 1.807) is 31.4 Å². The van der Waals surface area contributed by atoms with Crippen LogP contribution in [0, 0.1) is 0 Å². The number of ether oxygens (including phenoxy) is 1. The van der Waals surface area contributed by atoms with Gasteiger partial charge in [0.05, 0.1) is 24.9 Å². The van der Waals surface area contributed by atoms with Crippen molar-refractivity contribution in [3.8, 4) is 11.4 Å². The van der Waals surface area contributed by atoms with E-state index in [1.165, 1.54) is 11.8 Å². The van der Waals surface area contributed by atoms with E-state index in [2.05, 4.69) is 15.5 Å². The fourth-order valence-corrected chi connectivity index (χ4v) is 4.41. The second-order valence-corrected chi connectivity index (χ2v) is 8.92. The highest BCUT2D eigenvalue weighted by molar-refractivity contribution is 7.99. The van der Waals surface area contributed by atoms with E-state index in [-0.39, 0.29) is 17.7 Å². The van der Waals surface area contributed by atoms with Gasteiger partial charge in [0.15, 0.2) is 11.0 Å². The van der Waals surface area contributed by atoms with Crippen LogP contribution in [-0.2, 0) is 16.1 Å². The maximum absolute atomic E-state index is 12.5. The highest BCUT2D eigenvalue weighted by Crippen LogP contribution is 2.27. The molecule has 0 fully saturated rings. The van der Waals surface area contributed by atoms with Gasteiger partial charge >= 0.3 is 0 Å². The zero-order chi connectivity index (χ0) is 22.4. The minimum Gasteiger partial charge on any atom is -0.383 e. The van der Waals surface area contributed by atoms with Crippen LogP contribution in [0.15, 0.2) is 47.6 Å². The summed E-state index contributed by atoms with van der Waals surface area (Å²) in [6, 6.07) is 12.3. The van der Waals surface area contributed by atoms with Gasteiger partial charge in [-0.2, -0.15) is 0 Å². The molecule has 0 aliphatic rings. The van der Waals surface area contributed by atoms with Gasteiger partial charge in [0.25, 0.3) is 0 Å². The first kappa shape index (κ1) is 23.9. The van der Waals surface area contributed by atoms with E-state index in [4.69, 9.17) is 39.5 Å². The molecule has 0 saturated heterocycles. The number of nitrogens with one attached hydrogen (secondary N) is 1. The van der Waals surface area contributed by atoms with Crippen molar-refractivity contribution in [2.45, 2.75) is 24.7 Å². The Bertz CT molecular complexity index is 1040. The number of nitrogens with zero attached hydrogens (tertiary/aromatic N) is 3. The summed E-state index contributed by atoms with van der Waals surface area (Å²) in [7, 11) is 1.63. The molecule has 1 heterocycles. The number of hydrogen-bond acceptors (Lipinski definition) is 5. The van der Waals surface area contributed by atoms with Crippen molar-refractivity contribution in [2.24, 2.45) is 0 Å². The Balaban J connectivity index is 1.68. The van der Waals surface area contributed by atoms with Gasteiger partial charge in [-0.3, -0.25) is 9.36 Å². The van der Waals surface area contributed by atoms with Gasteiger partial charge in [-0.05, 0) is 48.9 Å². The lowest BCUT2D eigenvalue weighted by Crippen LogP contribution is -2.28. The number of benzene rings is 2. The van der Waals surface area contributed by atoms with E-state index < -0.39 is 0 Å². The topological polar surface area (TPSA) is 69.0 Å². The lowest BCUT2D eigenvalue weighted by molar-refractivity contribution is -0.119. The third-order valence-corrected chi connectivity index (χ3v) is 6.26. The third-order valence-electron chi connectivity index (χ3n) is 4.48. The maximum Gasteiger partial charge on any atom is 0.230 e. The van der Waals surface area contributed by atoms with Crippen molar-refractivity contribution in [1.82, 2.24) is 20.1 Å². The number of amides is 1. The second-order valence-electron chi connectivity index (χ2n) is 6.70. The zero-order valence-electron chi connectivity index (χ0n) is 16.9. The largest absolute Gasteiger partial charge is 0.383 e. The molecule has 0 bridgehead atoms. The Kier molecular flexibility index (Phi) is 8.63. The number of halogens is 3. The molecule has 0 radical (unpaired) electrons. The molecule has 1 aromatic heterocycles. The van der Waals surface area contributed by atoms with Crippen LogP contribution < -0.4 is 5.32 Å². The van der Waals surface area contributed by atoms with Crippen molar-refractivity contribution in [1.29, 1.82) is 0 Å².